The van der Waals surface area contributed by atoms with Gasteiger partial charge in [0, 0.05) is 25.2 Å². The average Bonchev–Trinajstić information content (AvgIpc) is 2.66. The molecule has 2 unspecified atom stereocenters. The summed E-state index contributed by atoms with van der Waals surface area (Å²) in [6.07, 6.45) is 5.75. The zero-order valence-corrected chi connectivity index (χ0v) is 17.0. The second kappa shape index (κ2) is 8.71. The lowest BCUT2D eigenvalue weighted by molar-refractivity contribution is -0.0440. The van der Waals surface area contributed by atoms with Crippen molar-refractivity contribution >= 4 is 15.9 Å². The van der Waals surface area contributed by atoms with Crippen LogP contribution >= 0.6 is 0 Å². The summed E-state index contributed by atoms with van der Waals surface area (Å²) in [5, 5.41) is 2.97. The van der Waals surface area contributed by atoms with Crippen LogP contribution < -0.4 is 5.32 Å². The van der Waals surface area contributed by atoms with E-state index in [0.29, 0.717) is 31.1 Å². The fourth-order valence-electron chi connectivity index (χ4n) is 4.00. The van der Waals surface area contributed by atoms with E-state index in [0.717, 1.165) is 12.8 Å². The van der Waals surface area contributed by atoms with E-state index in [1.807, 2.05) is 13.8 Å². The molecule has 1 heterocycles. The Bertz CT molecular complexity index is 749. The van der Waals surface area contributed by atoms with E-state index in [-0.39, 0.29) is 23.0 Å². The van der Waals surface area contributed by atoms with E-state index in [4.69, 9.17) is 4.74 Å². The van der Waals surface area contributed by atoms with Crippen molar-refractivity contribution in [3.8, 4) is 0 Å². The number of morpholine rings is 1. The number of rotatable bonds is 5. The first-order chi connectivity index (χ1) is 12.9. The minimum Gasteiger partial charge on any atom is -0.373 e. The van der Waals surface area contributed by atoms with E-state index in [1.54, 1.807) is 18.2 Å². The zero-order chi connectivity index (χ0) is 19.4. The van der Waals surface area contributed by atoms with Gasteiger partial charge in [-0.1, -0.05) is 25.3 Å². The van der Waals surface area contributed by atoms with Gasteiger partial charge >= 0.3 is 0 Å². The van der Waals surface area contributed by atoms with Crippen molar-refractivity contribution in [2.45, 2.75) is 63.1 Å². The van der Waals surface area contributed by atoms with Crippen molar-refractivity contribution in [1.29, 1.82) is 0 Å². The van der Waals surface area contributed by atoms with Gasteiger partial charge in [-0.3, -0.25) is 4.79 Å². The van der Waals surface area contributed by atoms with Gasteiger partial charge in [0.05, 0.1) is 17.1 Å². The lowest BCUT2D eigenvalue weighted by Gasteiger charge is -2.34. The number of nitrogens with one attached hydrogen (secondary N) is 1. The van der Waals surface area contributed by atoms with Gasteiger partial charge in [0.2, 0.25) is 10.0 Å². The fraction of sp³-hybridized carbons (Fsp3) is 0.650. The number of amides is 1. The highest BCUT2D eigenvalue weighted by atomic mass is 32.2. The molecule has 7 heteroatoms. The Hall–Kier alpha value is -1.44. The molecule has 2 aliphatic rings. The molecule has 1 amide bonds. The summed E-state index contributed by atoms with van der Waals surface area (Å²) < 4.78 is 33.1. The van der Waals surface area contributed by atoms with Crippen molar-refractivity contribution in [3.63, 3.8) is 0 Å². The SMILES string of the molecule is CC1CN(S(=O)(=O)c2cccc(C(=O)NCC3CCCCC3)c2)CC(C)O1. The molecule has 27 heavy (non-hydrogen) atoms. The summed E-state index contributed by atoms with van der Waals surface area (Å²) in [7, 11) is -3.65. The fourth-order valence-corrected chi connectivity index (χ4v) is 5.64. The number of nitrogens with zero attached hydrogens (tertiary/aromatic N) is 1. The number of sulfonamides is 1. The van der Waals surface area contributed by atoms with Crippen LogP contribution in [0.5, 0.6) is 0 Å². The van der Waals surface area contributed by atoms with Crippen LogP contribution in [0.4, 0.5) is 0 Å². The van der Waals surface area contributed by atoms with Crippen LogP contribution in [-0.2, 0) is 14.8 Å². The molecule has 1 saturated heterocycles. The van der Waals surface area contributed by atoms with Crippen LogP contribution in [0, 0.1) is 5.92 Å². The predicted molar refractivity (Wildman–Crippen MR) is 104 cm³/mol. The maximum Gasteiger partial charge on any atom is 0.251 e. The van der Waals surface area contributed by atoms with Gasteiger partial charge in [0.1, 0.15) is 0 Å². The van der Waals surface area contributed by atoms with Gasteiger partial charge in [0.15, 0.2) is 0 Å². The molecule has 1 aromatic carbocycles. The van der Waals surface area contributed by atoms with Gasteiger partial charge in [0.25, 0.3) is 5.91 Å². The standard InChI is InChI=1S/C20H30N2O4S/c1-15-13-22(14-16(2)26-15)27(24,25)19-10-6-9-18(11-19)20(23)21-12-17-7-4-3-5-8-17/h6,9-11,15-17H,3-5,7-8,12-14H2,1-2H3,(H,21,23). The molecule has 2 fully saturated rings. The van der Waals surface area contributed by atoms with E-state index in [9.17, 15) is 13.2 Å². The van der Waals surface area contributed by atoms with E-state index >= 15 is 0 Å². The summed E-state index contributed by atoms with van der Waals surface area (Å²) in [6, 6.07) is 6.34. The number of carbonyl (C=O) groups excluding carboxylic acids is 1. The van der Waals surface area contributed by atoms with E-state index in [2.05, 4.69) is 5.32 Å². The monoisotopic (exact) mass is 394 g/mol. The second-order valence-corrected chi connectivity index (χ2v) is 9.76. The Balaban J connectivity index is 1.69. The van der Waals surface area contributed by atoms with Crippen molar-refractivity contribution < 1.29 is 17.9 Å². The number of hydrogen-bond donors (Lipinski definition) is 1. The Morgan fingerprint density at radius 3 is 2.48 bits per heavy atom. The molecule has 0 spiro atoms. The quantitative estimate of drug-likeness (QED) is 0.833. The molecule has 3 rings (SSSR count). The van der Waals surface area contributed by atoms with Crippen LogP contribution in [-0.4, -0.2) is 50.5 Å². The van der Waals surface area contributed by atoms with Gasteiger partial charge in [-0.2, -0.15) is 4.31 Å². The molecule has 1 aliphatic carbocycles. The van der Waals surface area contributed by atoms with Crippen LogP contribution in [0.25, 0.3) is 0 Å². The summed E-state index contributed by atoms with van der Waals surface area (Å²) >= 11 is 0. The first-order valence-electron chi connectivity index (χ1n) is 9.90. The largest absolute Gasteiger partial charge is 0.373 e. The lowest BCUT2D eigenvalue weighted by atomic mass is 9.89. The van der Waals surface area contributed by atoms with Crippen molar-refractivity contribution in [2.24, 2.45) is 5.92 Å². The normalized spacial score (nSPS) is 25.3. The van der Waals surface area contributed by atoms with Crippen LogP contribution in [0.1, 0.15) is 56.3 Å². The van der Waals surface area contributed by atoms with Gasteiger partial charge in [-0.25, -0.2) is 8.42 Å². The van der Waals surface area contributed by atoms with Gasteiger partial charge in [-0.05, 0) is 50.8 Å². The molecule has 150 valence electrons. The number of ether oxygens (including phenoxy) is 1. The molecule has 1 N–H and O–H groups in total. The molecular weight excluding hydrogens is 364 g/mol. The van der Waals surface area contributed by atoms with Crippen LogP contribution in [0.2, 0.25) is 0 Å². The van der Waals surface area contributed by atoms with Crippen molar-refractivity contribution in [2.75, 3.05) is 19.6 Å². The Morgan fingerprint density at radius 1 is 1.15 bits per heavy atom. The zero-order valence-electron chi connectivity index (χ0n) is 16.2. The molecule has 1 aliphatic heterocycles. The predicted octanol–water partition coefficient (Wildman–Crippen LogP) is 2.79. The summed E-state index contributed by atoms with van der Waals surface area (Å²) in [5.41, 5.74) is 0.390. The van der Waals surface area contributed by atoms with Crippen molar-refractivity contribution in [1.82, 2.24) is 9.62 Å². The molecule has 2 atom stereocenters. The van der Waals surface area contributed by atoms with Gasteiger partial charge < -0.3 is 10.1 Å². The number of benzene rings is 1. The van der Waals surface area contributed by atoms with E-state index < -0.39 is 10.0 Å². The maximum absolute atomic E-state index is 13.0. The lowest BCUT2D eigenvalue weighted by Crippen LogP contribution is -2.48. The Kier molecular flexibility index (Phi) is 6.55. The molecule has 1 saturated carbocycles. The second-order valence-electron chi connectivity index (χ2n) is 7.82. The highest BCUT2D eigenvalue weighted by Crippen LogP contribution is 2.24. The Labute approximate surface area is 162 Å². The highest BCUT2D eigenvalue weighted by molar-refractivity contribution is 7.89. The third-order valence-electron chi connectivity index (χ3n) is 5.40. The molecule has 1 aromatic rings. The Morgan fingerprint density at radius 2 is 1.81 bits per heavy atom. The summed E-state index contributed by atoms with van der Waals surface area (Å²) in [4.78, 5) is 12.7. The summed E-state index contributed by atoms with van der Waals surface area (Å²) in [5.74, 6) is 0.326. The molecule has 0 bridgehead atoms. The molecule has 0 aromatic heterocycles. The third-order valence-corrected chi connectivity index (χ3v) is 7.22. The van der Waals surface area contributed by atoms with Crippen LogP contribution in [0.3, 0.4) is 0 Å². The first-order valence-corrected chi connectivity index (χ1v) is 11.3. The summed E-state index contributed by atoms with van der Waals surface area (Å²) in [6.45, 7) is 5.05. The van der Waals surface area contributed by atoms with Crippen molar-refractivity contribution in [3.05, 3.63) is 29.8 Å². The molecule has 0 radical (unpaired) electrons. The van der Waals surface area contributed by atoms with Crippen LogP contribution in [0.15, 0.2) is 29.2 Å². The molecular formula is C20H30N2O4S. The minimum atomic E-state index is -3.65. The van der Waals surface area contributed by atoms with Gasteiger partial charge in [-0.15, -0.1) is 0 Å². The maximum atomic E-state index is 13.0. The minimum absolute atomic E-state index is 0.148. The number of hydrogen-bond acceptors (Lipinski definition) is 4. The highest BCUT2D eigenvalue weighted by Gasteiger charge is 2.32. The number of carbonyl (C=O) groups is 1. The first kappa shape index (κ1) is 20.3. The topological polar surface area (TPSA) is 75.7 Å². The third kappa shape index (κ3) is 5.09. The smallest absolute Gasteiger partial charge is 0.251 e. The molecule has 6 nitrogen and oxygen atoms in total. The van der Waals surface area contributed by atoms with E-state index in [1.165, 1.54) is 29.6 Å². The average molecular weight is 395 g/mol.